The molecule has 1 aromatic rings. The number of nitrogens with one attached hydrogen (secondary N) is 2. The van der Waals surface area contributed by atoms with E-state index in [9.17, 15) is 14.0 Å². The van der Waals surface area contributed by atoms with Crippen molar-refractivity contribution in [3.05, 3.63) is 30.1 Å². The average Bonchev–Trinajstić information content (AvgIpc) is 3.29. The fourth-order valence-corrected chi connectivity index (χ4v) is 2.82. The van der Waals surface area contributed by atoms with E-state index in [0.29, 0.717) is 12.8 Å². The molecule has 0 bridgehead atoms. The molecule has 6 heteroatoms. The fourth-order valence-electron chi connectivity index (χ4n) is 2.82. The van der Waals surface area contributed by atoms with Crippen molar-refractivity contribution < 1.29 is 18.7 Å². The summed E-state index contributed by atoms with van der Waals surface area (Å²) in [4.78, 5) is 25.0. The van der Waals surface area contributed by atoms with Crippen molar-refractivity contribution in [2.45, 2.75) is 51.1 Å². The summed E-state index contributed by atoms with van der Waals surface area (Å²) in [5, 5.41) is 5.78. The highest BCUT2D eigenvalue weighted by molar-refractivity contribution is 6.06. The lowest BCUT2D eigenvalue weighted by Crippen LogP contribution is -2.57. The number of amides is 2. The van der Waals surface area contributed by atoms with Crippen LogP contribution in [0.15, 0.2) is 24.3 Å². The average molecular weight is 334 g/mol. The van der Waals surface area contributed by atoms with Crippen molar-refractivity contribution in [2.24, 2.45) is 5.41 Å². The van der Waals surface area contributed by atoms with Crippen molar-refractivity contribution in [3.63, 3.8) is 0 Å². The molecule has 2 saturated carbocycles. The van der Waals surface area contributed by atoms with Gasteiger partial charge in [0.1, 0.15) is 12.0 Å². The predicted octanol–water partition coefficient (Wildman–Crippen LogP) is 2.16. The zero-order valence-electron chi connectivity index (χ0n) is 13.8. The molecular formula is C18H23FN2O3. The van der Waals surface area contributed by atoms with Crippen LogP contribution in [0.2, 0.25) is 0 Å². The van der Waals surface area contributed by atoms with Gasteiger partial charge in [-0.15, -0.1) is 0 Å². The molecule has 0 unspecified atom stereocenters. The lowest BCUT2D eigenvalue weighted by Gasteiger charge is -2.39. The Kier molecular flexibility index (Phi) is 4.73. The normalized spacial score (nSPS) is 19.8. The van der Waals surface area contributed by atoms with Crippen molar-refractivity contribution in [1.29, 1.82) is 0 Å². The van der Waals surface area contributed by atoms with Crippen molar-refractivity contribution in [1.82, 2.24) is 10.6 Å². The van der Waals surface area contributed by atoms with E-state index in [1.54, 1.807) is 25.1 Å². The van der Waals surface area contributed by atoms with Gasteiger partial charge in [-0.3, -0.25) is 9.59 Å². The van der Waals surface area contributed by atoms with Gasteiger partial charge in [0.2, 0.25) is 11.8 Å². The van der Waals surface area contributed by atoms with Gasteiger partial charge in [0.15, 0.2) is 11.6 Å². The molecule has 0 radical (unpaired) electrons. The van der Waals surface area contributed by atoms with Crippen LogP contribution in [-0.2, 0) is 9.59 Å². The summed E-state index contributed by atoms with van der Waals surface area (Å²) in [5.74, 6) is -0.689. The van der Waals surface area contributed by atoms with Crippen LogP contribution < -0.4 is 15.4 Å². The summed E-state index contributed by atoms with van der Waals surface area (Å²) in [6.07, 6.45) is 4.04. The number of para-hydroxylation sites is 1. The zero-order valence-corrected chi connectivity index (χ0v) is 13.8. The topological polar surface area (TPSA) is 67.4 Å². The van der Waals surface area contributed by atoms with E-state index in [-0.39, 0.29) is 36.3 Å². The van der Waals surface area contributed by atoms with Crippen LogP contribution in [0.25, 0.3) is 0 Å². The Morgan fingerprint density at radius 2 is 2.00 bits per heavy atom. The number of hydrogen-bond donors (Lipinski definition) is 2. The molecule has 0 saturated heterocycles. The summed E-state index contributed by atoms with van der Waals surface area (Å²) in [6, 6.07) is 6.07. The van der Waals surface area contributed by atoms with E-state index in [1.165, 1.54) is 6.07 Å². The number of carbonyl (C=O) groups excluding carboxylic acids is 2. The fraction of sp³-hybridized carbons (Fsp3) is 0.556. The molecule has 0 aromatic heterocycles. The highest BCUT2D eigenvalue weighted by Crippen LogP contribution is 2.42. The van der Waals surface area contributed by atoms with Gasteiger partial charge in [0, 0.05) is 6.04 Å². The first-order valence-corrected chi connectivity index (χ1v) is 8.50. The van der Waals surface area contributed by atoms with E-state index >= 15 is 0 Å². The Morgan fingerprint density at radius 3 is 2.58 bits per heavy atom. The minimum absolute atomic E-state index is 0.146. The van der Waals surface area contributed by atoms with E-state index in [2.05, 4.69) is 10.6 Å². The van der Waals surface area contributed by atoms with E-state index in [0.717, 1.165) is 19.3 Å². The Balaban J connectivity index is 1.53. The Hall–Kier alpha value is -2.11. The molecule has 1 aromatic carbocycles. The third-order valence-electron chi connectivity index (χ3n) is 4.69. The van der Waals surface area contributed by atoms with Crippen molar-refractivity contribution in [3.8, 4) is 5.75 Å². The molecule has 2 aliphatic carbocycles. The van der Waals surface area contributed by atoms with Crippen LogP contribution in [0.1, 0.15) is 39.0 Å². The van der Waals surface area contributed by atoms with E-state index in [1.807, 2.05) is 0 Å². The summed E-state index contributed by atoms with van der Waals surface area (Å²) in [7, 11) is 0. The number of rotatable bonds is 7. The molecule has 24 heavy (non-hydrogen) atoms. The lowest BCUT2D eigenvalue weighted by atomic mass is 9.67. The molecule has 0 spiro atoms. The van der Waals surface area contributed by atoms with Gasteiger partial charge >= 0.3 is 0 Å². The quantitative estimate of drug-likeness (QED) is 0.751. The van der Waals surface area contributed by atoms with Crippen LogP contribution in [0.3, 0.4) is 0 Å². The highest BCUT2D eigenvalue weighted by Gasteiger charge is 2.51. The summed E-state index contributed by atoms with van der Waals surface area (Å²) < 4.78 is 18.9. The van der Waals surface area contributed by atoms with Gasteiger partial charge in [-0.05, 0) is 44.7 Å². The van der Waals surface area contributed by atoms with Crippen LogP contribution in [-0.4, -0.2) is 30.5 Å². The number of hydrogen-bond acceptors (Lipinski definition) is 3. The molecule has 2 aliphatic rings. The molecule has 3 rings (SSSR count). The predicted molar refractivity (Wildman–Crippen MR) is 86.9 cm³/mol. The van der Waals surface area contributed by atoms with Crippen LogP contribution in [0.5, 0.6) is 5.75 Å². The number of carbonyl (C=O) groups is 2. The Morgan fingerprint density at radius 1 is 1.29 bits per heavy atom. The first-order chi connectivity index (χ1) is 11.5. The molecule has 0 heterocycles. The molecule has 5 nitrogen and oxygen atoms in total. The van der Waals surface area contributed by atoms with Gasteiger partial charge in [-0.25, -0.2) is 4.39 Å². The maximum Gasteiger partial charge on any atom is 0.236 e. The minimum Gasteiger partial charge on any atom is -0.488 e. The molecule has 130 valence electrons. The second-order valence-electron chi connectivity index (χ2n) is 6.80. The van der Waals surface area contributed by atoms with Gasteiger partial charge < -0.3 is 15.4 Å². The van der Waals surface area contributed by atoms with Gasteiger partial charge in [-0.1, -0.05) is 18.6 Å². The van der Waals surface area contributed by atoms with Crippen molar-refractivity contribution in [2.75, 3.05) is 6.61 Å². The maximum atomic E-state index is 13.5. The molecule has 2 amide bonds. The van der Waals surface area contributed by atoms with Crippen molar-refractivity contribution >= 4 is 11.8 Å². The Bertz CT molecular complexity index is 626. The number of ether oxygens (including phenoxy) is 1. The Labute approximate surface area is 141 Å². The molecule has 2 N–H and O–H groups in total. The first kappa shape index (κ1) is 16.7. The van der Waals surface area contributed by atoms with E-state index in [4.69, 9.17) is 4.74 Å². The monoisotopic (exact) mass is 334 g/mol. The summed E-state index contributed by atoms with van der Waals surface area (Å²) in [6.45, 7) is 1.93. The third kappa shape index (κ3) is 3.52. The SMILES string of the molecule is C[C@H](COc1ccccc1F)NC(=O)C1(C(=O)NC2CC2)CCC1. The number of halogens is 1. The van der Waals surface area contributed by atoms with Gasteiger partial charge in [-0.2, -0.15) is 0 Å². The van der Waals surface area contributed by atoms with Crippen LogP contribution in [0.4, 0.5) is 4.39 Å². The van der Waals surface area contributed by atoms with Gasteiger partial charge in [0.05, 0.1) is 6.04 Å². The molecule has 0 aliphatic heterocycles. The number of benzene rings is 1. The smallest absolute Gasteiger partial charge is 0.236 e. The second-order valence-corrected chi connectivity index (χ2v) is 6.80. The summed E-state index contributed by atoms with van der Waals surface area (Å²) >= 11 is 0. The largest absolute Gasteiger partial charge is 0.488 e. The first-order valence-electron chi connectivity index (χ1n) is 8.50. The molecule has 2 fully saturated rings. The van der Waals surface area contributed by atoms with E-state index < -0.39 is 11.2 Å². The van der Waals surface area contributed by atoms with Crippen LogP contribution in [0, 0.1) is 11.2 Å². The summed E-state index contributed by atoms with van der Waals surface area (Å²) in [5.41, 5.74) is -0.936. The van der Waals surface area contributed by atoms with Gasteiger partial charge in [0.25, 0.3) is 0 Å². The third-order valence-corrected chi connectivity index (χ3v) is 4.69. The molecular weight excluding hydrogens is 311 g/mol. The standard InChI is InChI=1S/C18H23FN2O3/c1-12(11-24-15-6-3-2-5-14(15)19)20-16(22)18(9-4-10-18)17(23)21-13-7-8-13/h2-3,5-6,12-13H,4,7-11H2,1H3,(H,20,22)(H,21,23)/t12-/m1/s1. The lowest BCUT2D eigenvalue weighted by molar-refractivity contribution is -0.150. The minimum atomic E-state index is -0.936. The maximum absolute atomic E-state index is 13.5. The van der Waals surface area contributed by atoms with Crippen LogP contribution >= 0.6 is 0 Å². The molecule has 1 atom stereocenters. The zero-order chi connectivity index (χ0) is 17.2. The highest BCUT2D eigenvalue weighted by atomic mass is 19.1. The second kappa shape index (κ2) is 6.79.